The summed E-state index contributed by atoms with van der Waals surface area (Å²) in [6.07, 6.45) is 3.41. The van der Waals surface area contributed by atoms with Gasteiger partial charge in [-0.1, -0.05) is 28.9 Å². The second-order valence-corrected chi connectivity index (χ2v) is 8.53. The zero-order valence-corrected chi connectivity index (χ0v) is 20.1. The van der Waals surface area contributed by atoms with Crippen LogP contribution in [-0.2, 0) is 0 Å². The van der Waals surface area contributed by atoms with E-state index in [0.717, 1.165) is 22.7 Å². The van der Waals surface area contributed by atoms with E-state index in [9.17, 15) is 4.79 Å². The van der Waals surface area contributed by atoms with Crippen LogP contribution in [0.25, 0.3) is 16.9 Å². The Hall–Kier alpha value is -3.91. The highest BCUT2D eigenvalue weighted by molar-refractivity contribution is 6.30. The van der Waals surface area contributed by atoms with Crippen LogP contribution in [0.1, 0.15) is 17.4 Å². The Morgan fingerprint density at radius 3 is 2.49 bits per heavy atom. The number of nitrogens with zero attached hydrogens (tertiary/aromatic N) is 6. The summed E-state index contributed by atoms with van der Waals surface area (Å²) in [6.45, 7) is 5.12. The van der Waals surface area contributed by atoms with Crippen LogP contribution in [0.5, 0.6) is 5.75 Å². The minimum absolute atomic E-state index is 0.151. The molecule has 1 aliphatic heterocycles. The Labute approximate surface area is 208 Å². The molecule has 0 aliphatic carbocycles. The van der Waals surface area contributed by atoms with Gasteiger partial charge < -0.3 is 14.5 Å². The molecule has 35 heavy (non-hydrogen) atoms. The molecule has 2 aromatic heterocycles. The summed E-state index contributed by atoms with van der Waals surface area (Å²) in [7, 11) is 0. The van der Waals surface area contributed by atoms with Crippen molar-refractivity contribution in [2.45, 2.75) is 6.92 Å². The van der Waals surface area contributed by atoms with Gasteiger partial charge >= 0.3 is 0 Å². The second-order valence-electron chi connectivity index (χ2n) is 8.10. The number of rotatable bonds is 6. The number of aromatic nitrogens is 4. The zero-order chi connectivity index (χ0) is 24.2. The number of para-hydroxylation sites is 2. The van der Waals surface area contributed by atoms with Gasteiger partial charge in [0.2, 0.25) is 0 Å². The maximum atomic E-state index is 13.6. The Kier molecular flexibility index (Phi) is 6.63. The van der Waals surface area contributed by atoms with E-state index in [1.54, 1.807) is 29.2 Å². The fourth-order valence-electron chi connectivity index (χ4n) is 4.25. The number of carbonyl (C=O) groups excluding carboxylic acids is 1. The van der Waals surface area contributed by atoms with Crippen LogP contribution in [0.15, 0.2) is 73.1 Å². The molecule has 0 saturated carbocycles. The van der Waals surface area contributed by atoms with Gasteiger partial charge in [0.1, 0.15) is 11.4 Å². The van der Waals surface area contributed by atoms with Gasteiger partial charge in [-0.25, -0.2) is 4.68 Å². The van der Waals surface area contributed by atoms with E-state index in [1.165, 1.54) is 0 Å². The molecule has 0 spiro atoms. The van der Waals surface area contributed by atoms with Gasteiger partial charge in [0.15, 0.2) is 5.69 Å². The summed E-state index contributed by atoms with van der Waals surface area (Å²) in [5.41, 5.74) is 3.48. The highest BCUT2D eigenvalue weighted by Crippen LogP contribution is 2.30. The average molecular weight is 489 g/mol. The van der Waals surface area contributed by atoms with Crippen molar-refractivity contribution in [3.63, 3.8) is 0 Å². The van der Waals surface area contributed by atoms with E-state index in [4.69, 9.17) is 16.3 Å². The van der Waals surface area contributed by atoms with Crippen LogP contribution in [0.2, 0.25) is 5.02 Å². The predicted octanol–water partition coefficient (Wildman–Crippen LogP) is 4.34. The van der Waals surface area contributed by atoms with Crippen molar-refractivity contribution < 1.29 is 9.53 Å². The van der Waals surface area contributed by atoms with Crippen LogP contribution >= 0.6 is 11.6 Å². The van der Waals surface area contributed by atoms with Gasteiger partial charge in [0, 0.05) is 49.2 Å². The maximum absolute atomic E-state index is 13.6. The van der Waals surface area contributed by atoms with Crippen LogP contribution < -0.4 is 9.64 Å². The number of piperazine rings is 1. The molecule has 3 heterocycles. The molecule has 0 radical (unpaired) electrons. The molecule has 1 aliphatic rings. The number of amides is 1. The lowest BCUT2D eigenvalue weighted by Crippen LogP contribution is -2.49. The average Bonchev–Trinajstić information content (AvgIpc) is 3.35. The number of pyridine rings is 1. The summed E-state index contributed by atoms with van der Waals surface area (Å²) >= 11 is 6.07. The first-order valence-electron chi connectivity index (χ1n) is 11.5. The van der Waals surface area contributed by atoms with Crippen molar-refractivity contribution in [3.8, 4) is 22.7 Å². The van der Waals surface area contributed by atoms with Crippen molar-refractivity contribution in [2.24, 2.45) is 0 Å². The van der Waals surface area contributed by atoms with Crippen molar-refractivity contribution in [3.05, 3.63) is 83.8 Å². The fraction of sp³-hybridized carbons (Fsp3) is 0.231. The topological polar surface area (TPSA) is 76.4 Å². The monoisotopic (exact) mass is 488 g/mol. The lowest BCUT2D eigenvalue weighted by molar-refractivity contribution is 0.0741. The molecule has 1 fully saturated rings. The molecule has 0 atom stereocenters. The van der Waals surface area contributed by atoms with Gasteiger partial charge in [-0.05, 0) is 55.5 Å². The van der Waals surface area contributed by atoms with Crippen LogP contribution in [0.4, 0.5) is 5.69 Å². The van der Waals surface area contributed by atoms with E-state index in [2.05, 4.69) is 26.3 Å². The van der Waals surface area contributed by atoms with Gasteiger partial charge in [-0.2, -0.15) is 0 Å². The lowest BCUT2D eigenvalue weighted by Gasteiger charge is -2.36. The summed E-state index contributed by atoms with van der Waals surface area (Å²) < 4.78 is 7.46. The Morgan fingerprint density at radius 2 is 1.77 bits per heavy atom. The first kappa shape index (κ1) is 22.9. The third-order valence-electron chi connectivity index (χ3n) is 5.95. The van der Waals surface area contributed by atoms with E-state index < -0.39 is 0 Å². The van der Waals surface area contributed by atoms with Crippen LogP contribution in [-0.4, -0.2) is 63.6 Å². The molecular weight excluding hydrogens is 464 g/mol. The smallest absolute Gasteiger partial charge is 0.276 e. The van der Waals surface area contributed by atoms with Crippen molar-refractivity contribution >= 4 is 23.2 Å². The lowest BCUT2D eigenvalue weighted by atomic mass is 10.1. The van der Waals surface area contributed by atoms with E-state index >= 15 is 0 Å². The molecule has 2 aromatic carbocycles. The van der Waals surface area contributed by atoms with Crippen molar-refractivity contribution in [1.29, 1.82) is 0 Å². The molecule has 0 unspecified atom stereocenters. The SMILES string of the molecule is CCOc1ccccc1N1CCN(C(=O)c2nnn(-c3ccc(Cl)cc3)c2-c2cccnc2)CC1. The van der Waals surface area contributed by atoms with Crippen LogP contribution in [0.3, 0.4) is 0 Å². The number of ether oxygens (including phenoxy) is 1. The highest BCUT2D eigenvalue weighted by Gasteiger charge is 2.29. The molecule has 9 heteroatoms. The number of hydrogen-bond acceptors (Lipinski definition) is 6. The molecule has 1 amide bonds. The van der Waals surface area contributed by atoms with E-state index in [0.29, 0.717) is 49.2 Å². The zero-order valence-electron chi connectivity index (χ0n) is 19.3. The van der Waals surface area contributed by atoms with Gasteiger partial charge in [-0.15, -0.1) is 5.10 Å². The van der Waals surface area contributed by atoms with E-state index in [1.807, 2.05) is 54.3 Å². The normalized spacial score (nSPS) is 13.7. The number of halogens is 1. The van der Waals surface area contributed by atoms with Crippen molar-refractivity contribution in [1.82, 2.24) is 24.9 Å². The second kappa shape index (κ2) is 10.1. The number of carbonyl (C=O) groups is 1. The summed E-state index contributed by atoms with van der Waals surface area (Å²) in [5.74, 6) is 0.710. The highest BCUT2D eigenvalue weighted by atomic mass is 35.5. The molecule has 1 saturated heterocycles. The Bertz CT molecular complexity index is 1300. The van der Waals surface area contributed by atoms with Gasteiger partial charge in [0.25, 0.3) is 5.91 Å². The van der Waals surface area contributed by atoms with Crippen LogP contribution in [0, 0.1) is 0 Å². The third-order valence-corrected chi connectivity index (χ3v) is 6.20. The molecule has 0 N–H and O–H groups in total. The molecule has 5 rings (SSSR count). The maximum Gasteiger partial charge on any atom is 0.276 e. The minimum atomic E-state index is -0.151. The largest absolute Gasteiger partial charge is 0.492 e. The number of anilines is 1. The molecule has 0 bridgehead atoms. The summed E-state index contributed by atoms with van der Waals surface area (Å²) in [6, 6.07) is 19.0. The number of benzene rings is 2. The minimum Gasteiger partial charge on any atom is -0.492 e. The molecule has 178 valence electrons. The van der Waals surface area contributed by atoms with E-state index in [-0.39, 0.29) is 5.91 Å². The summed E-state index contributed by atoms with van der Waals surface area (Å²) in [4.78, 5) is 21.9. The van der Waals surface area contributed by atoms with Gasteiger partial charge in [0.05, 0.1) is 18.0 Å². The first-order chi connectivity index (χ1) is 17.2. The third kappa shape index (κ3) is 4.70. The quantitative estimate of drug-likeness (QED) is 0.402. The Morgan fingerprint density at radius 1 is 1.00 bits per heavy atom. The van der Waals surface area contributed by atoms with Gasteiger partial charge in [-0.3, -0.25) is 9.78 Å². The predicted molar refractivity (Wildman–Crippen MR) is 135 cm³/mol. The Balaban J connectivity index is 1.41. The molecule has 8 nitrogen and oxygen atoms in total. The molecule has 4 aromatic rings. The summed E-state index contributed by atoms with van der Waals surface area (Å²) in [5, 5.41) is 9.26. The first-order valence-corrected chi connectivity index (χ1v) is 11.9. The number of hydrogen-bond donors (Lipinski definition) is 0. The standard InChI is InChI=1S/C26H25ClN6O2/c1-2-35-23-8-4-3-7-22(23)31-14-16-32(17-15-31)26(34)24-25(19-6-5-13-28-18-19)33(30-29-24)21-11-9-20(27)10-12-21/h3-13,18H,2,14-17H2,1H3. The fourth-order valence-corrected chi connectivity index (χ4v) is 4.37. The van der Waals surface area contributed by atoms with Crippen molar-refractivity contribution in [2.75, 3.05) is 37.7 Å². The molecular formula is C26H25ClN6O2.